The van der Waals surface area contributed by atoms with Crippen molar-refractivity contribution < 1.29 is 19.1 Å². The molecule has 2 atom stereocenters. The van der Waals surface area contributed by atoms with E-state index in [1.807, 2.05) is 30.3 Å². The van der Waals surface area contributed by atoms with Gasteiger partial charge in [0.1, 0.15) is 10.9 Å². The average Bonchev–Trinajstić information content (AvgIpc) is 3.28. The van der Waals surface area contributed by atoms with Crippen LogP contribution in [0, 0.1) is 0 Å². The number of hydrogen-bond donors (Lipinski definition) is 1. The van der Waals surface area contributed by atoms with Crippen LogP contribution >= 0.6 is 11.8 Å². The molecule has 2 saturated heterocycles. The fourth-order valence-corrected chi connectivity index (χ4v) is 5.52. The number of benzene rings is 2. The summed E-state index contributed by atoms with van der Waals surface area (Å²) < 4.78 is 4.68. The smallest absolute Gasteiger partial charge is 0.337 e. The second-order valence-electron chi connectivity index (χ2n) is 6.80. The van der Waals surface area contributed by atoms with E-state index in [0.29, 0.717) is 29.8 Å². The molecule has 0 aliphatic carbocycles. The lowest BCUT2D eigenvalue weighted by atomic mass is 10.0. The molecule has 28 heavy (non-hydrogen) atoms. The van der Waals surface area contributed by atoms with E-state index < -0.39 is 16.9 Å². The SMILES string of the molecule is COC(=O)c1ccc(NC(=O)[C@H]2CS[C@]3(c4ccccc4)CCC(=O)N23)cc1. The molecular formula is C21H20N2O4S. The van der Waals surface area contributed by atoms with Gasteiger partial charge in [-0.05, 0) is 36.2 Å². The molecule has 2 heterocycles. The summed E-state index contributed by atoms with van der Waals surface area (Å²) in [5.74, 6) is -0.0889. The number of nitrogens with zero attached hydrogens (tertiary/aromatic N) is 1. The summed E-state index contributed by atoms with van der Waals surface area (Å²) in [7, 11) is 1.32. The third kappa shape index (κ3) is 3.05. The summed E-state index contributed by atoms with van der Waals surface area (Å²) in [5, 5.41) is 2.87. The summed E-state index contributed by atoms with van der Waals surface area (Å²) in [6.45, 7) is 0. The molecule has 0 radical (unpaired) electrons. The molecule has 7 heteroatoms. The van der Waals surface area contributed by atoms with E-state index >= 15 is 0 Å². The maximum atomic E-state index is 12.9. The molecule has 0 bridgehead atoms. The first-order valence-electron chi connectivity index (χ1n) is 9.06. The highest BCUT2D eigenvalue weighted by Crippen LogP contribution is 2.54. The van der Waals surface area contributed by atoms with E-state index in [4.69, 9.17) is 0 Å². The van der Waals surface area contributed by atoms with E-state index in [0.717, 1.165) is 5.56 Å². The third-order valence-electron chi connectivity index (χ3n) is 5.23. The number of nitrogens with one attached hydrogen (secondary N) is 1. The highest BCUT2D eigenvalue weighted by molar-refractivity contribution is 8.00. The van der Waals surface area contributed by atoms with E-state index in [1.54, 1.807) is 40.9 Å². The molecule has 2 aromatic carbocycles. The van der Waals surface area contributed by atoms with Crippen molar-refractivity contribution in [3.05, 3.63) is 65.7 Å². The van der Waals surface area contributed by atoms with Crippen LogP contribution in [0.2, 0.25) is 0 Å². The predicted molar refractivity (Wildman–Crippen MR) is 107 cm³/mol. The van der Waals surface area contributed by atoms with Crippen LogP contribution in [0.15, 0.2) is 54.6 Å². The highest BCUT2D eigenvalue weighted by Gasteiger charge is 2.56. The topological polar surface area (TPSA) is 75.7 Å². The van der Waals surface area contributed by atoms with Gasteiger partial charge in [0.25, 0.3) is 0 Å². The number of hydrogen-bond acceptors (Lipinski definition) is 5. The first kappa shape index (κ1) is 18.6. The van der Waals surface area contributed by atoms with Crippen LogP contribution in [-0.4, -0.2) is 41.6 Å². The molecule has 2 amide bonds. The standard InChI is InChI=1S/C21H20N2O4S/c1-27-20(26)14-7-9-16(10-8-14)22-19(25)17-13-28-21(12-11-18(24)23(17)21)15-5-3-2-4-6-15/h2-10,17H,11-13H2,1H3,(H,22,25)/t17-,21+/m1/s1. The van der Waals surface area contributed by atoms with Crippen LogP contribution in [0.5, 0.6) is 0 Å². The lowest BCUT2D eigenvalue weighted by Crippen LogP contribution is -2.48. The number of amides is 2. The van der Waals surface area contributed by atoms with Crippen LogP contribution in [0.4, 0.5) is 5.69 Å². The first-order valence-corrected chi connectivity index (χ1v) is 10.0. The number of ether oxygens (including phenoxy) is 1. The number of thioether (sulfide) groups is 1. The molecule has 144 valence electrons. The van der Waals surface area contributed by atoms with Crippen molar-refractivity contribution in [2.45, 2.75) is 23.8 Å². The fourth-order valence-electron chi connectivity index (χ4n) is 3.87. The van der Waals surface area contributed by atoms with Gasteiger partial charge in [0.2, 0.25) is 11.8 Å². The first-order chi connectivity index (χ1) is 13.5. The van der Waals surface area contributed by atoms with Gasteiger partial charge in [-0.3, -0.25) is 9.59 Å². The van der Waals surface area contributed by atoms with Crippen molar-refractivity contribution in [1.29, 1.82) is 0 Å². The van der Waals surface area contributed by atoms with E-state index in [9.17, 15) is 14.4 Å². The predicted octanol–water partition coefficient (Wildman–Crippen LogP) is 3.00. The van der Waals surface area contributed by atoms with Crippen molar-refractivity contribution in [3.63, 3.8) is 0 Å². The molecule has 6 nitrogen and oxygen atoms in total. The van der Waals surface area contributed by atoms with Crippen LogP contribution in [0.1, 0.15) is 28.8 Å². The Kier molecular flexibility index (Phi) is 4.85. The average molecular weight is 396 g/mol. The Morgan fingerprint density at radius 3 is 2.54 bits per heavy atom. The number of rotatable bonds is 4. The highest BCUT2D eigenvalue weighted by atomic mass is 32.2. The molecular weight excluding hydrogens is 376 g/mol. The summed E-state index contributed by atoms with van der Waals surface area (Å²) in [6, 6.07) is 15.9. The zero-order valence-electron chi connectivity index (χ0n) is 15.4. The molecule has 0 unspecified atom stereocenters. The molecule has 2 aromatic rings. The minimum Gasteiger partial charge on any atom is -0.465 e. The molecule has 0 saturated carbocycles. The fraction of sp³-hybridized carbons (Fsp3) is 0.286. The van der Waals surface area contributed by atoms with Crippen molar-refractivity contribution >= 4 is 35.2 Å². The molecule has 0 spiro atoms. The molecule has 2 aliphatic rings. The Balaban J connectivity index is 1.54. The van der Waals surface area contributed by atoms with Gasteiger partial charge >= 0.3 is 5.97 Å². The second-order valence-corrected chi connectivity index (χ2v) is 8.10. The number of esters is 1. The quantitative estimate of drug-likeness (QED) is 0.804. The molecule has 2 fully saturated rings. The van der Waals surface area contributed by atoms with E-state index in [-0.39, 0.29) is 11.8 Å². The normalized spacial score (nSPS) is 23.4. The Morgan fingerprint density at radius 2 is 1.86 bits per heavy atom. The van der Waals surface area contributed by atoms with Gasteiger partial charge in [-0.15, -0.1) is 11.8 Å². The monoisotopic (exact) mass is 396 g/mol. The maximum Gasteiger partial charge on any atom is 0.337 e. The molecule has 1 N–H and O–H groups in total. The summed E-state index contributed by atoms with van der Waals surface area (Å²) in [5.41, 5.74) is 2.05. The minimum atomic E-state index is -0.527. The lowest BCUT2D eigenvalue weighted by Gasteiger charge is -2.34. The van der Waals surface area contributed by atoms with Gasteiger partial charge < -0.3 is 15.0 Å². The van der Waals surface area contributed by atoms with E-state index in [1.165, 1.54) is 7.11 Å². The van der Waals surface area contributed by atoms with Gasteiger partial charge in [-0.25, -0.2) is 4.79 Å². The Labute approximate surface area is 167 Å². The van der Waals surface area contributed by atoms with E-state index in [2.05, 4.69) is 10.1 Å². The van der Waals surface area contributed by atoms with Crippen LogP contribution in [-0.2, 0) is 19.2 Å². The Hall–Kier alpha value is -2.80. The van der Waals surface area contributed by atoms with Crippen LogP contribution in [0.3, 0.4) is 0 Å². The molecule has 2 aliphatic heterocycles. The summed E-state index contributed by atoms with van der Waals surface area (Å²) in [4.78, 5) is 38.4. The zero-order chi connectivity index (χ0) is 19.7. The number of carbonyl (C=O) groups excluding carboxylic acids is 3. The molecule has 0 aromatic heterocycles. The third-order valence-corrected chi connectivity index (χ3v) is 6.82. The summed E-state index contributed by atoms with van der Waals surface area (Å²) >= 11 is 1.66. The van der Waals surface area contributed by atoms with Crippen molar-refractivity contribution in [1.82, 2.24) is 4.90 Å². The maximum absolute atomic E-state index is 12.9. The minimum absolute atomic E-state index is 0.00930. The van der Waals surface area contributed by atoms with Gasteiger partial charge in [0, 0.05) is 17.9 Å². The molecule has 4 rings (SSSR count). The van der Waals surface area contributed by atoms with Gasteiger partial charge in [0.15, 0.2) is 0 Å². The van der Waals surface area contributed by atoms with Gasteiger partial charge in [0.05, 0.1) is 12.7 Å². The van der Waals surface area contributed by atoms with Crippen molar-refractivity contribution in [2.24, 2.45) is 0 Å². The van der Waals surface area contributed by atoms with Gasteiger partial charge in [-0.2, -0.15) is 0 Å². The number of carbonyl (C=O) groups is 3. The number of methoxy groups -OCH3 is 1. The Morgan fingerprint density at radius 1 is 1.14 bits per heavy atom. The summed E-state index contributed by atoms with van der Waals surface area (Å²) in [6.07, 6.45) is 1.15. The Bertz CT molecular complexity index is 916. The zero-order valence-corrected chi connectivity index (χ0v) is 16.2. The lowest BCUT2D eigenvalue weighted by molar-refractivity contribution is -0.136. The second kappa shape index (κ2) is 7.31. The van der Waals surface area contributed by atoms with Crippen molar-refractivity contribution in [3.8, 4) is 0 Å². The van der Waals surface area contributed by atoms with Crippen LogP contribution in [0.25, 0.3) is 0 Å². The van der Waals surface area contributed by atoms with Crippen molar-refractivity contribution in [2.75, 3.05) is 18.2 Å². The van der Waals surface area contributed by atoms with Gasteiger partial charge in [-0.1, -0.05) is 30.3 Å². The largest absolute Gasteiger partial charge is 0.465 e. The number of anilines is 1. The number of fused-ring (bicyclic) bond motifs is 1. The van der Waals surface area contributed by atoms with Crippen LogP contribution < -0.4 is 5.32 Å².